The first-order valence-corrected chi connectivity index (χ1v) is 7.92. The summed E-state index contributed by atoms with van der Waals surface area (Å²) in [6.45, 7) is 5.56. The van der Waals surface area contributed by atoms with Crippen LogP contribution in [0.5, 0.6) is 0 Å². The van der Waals surface area contributed by atoms with Gasteiger partial charge in [0.2, 0.25) is 0 Å². The fourth-order valence-corrected chi connectivity index (χ4v) is 2.43. The van der Waals surface area contributed by atoms with Gasteiger partial charge in [-0.25, -0.2) is 13.5 Å². The van der Waals surface area contributed by atoms with Crippen LogP contribution >= 0.6 is 0 Å². The number of hydrogen-bond acceptors (Lipinski definition) is 4. The van der Waals surface area contributed by atoms with Crippen molar-refractivity contribution in [1.29, 1.82) is 10.8 Å². The van der Waals surface area contributed by atoms with E-state index in [2.05, 4.69) is 15.3 Å². The first-order valence-electron chi connectivity index (χ1n) is 7.92. The second-order valence-electron chi connectivity index (χ2n) is 6.90. The van der Waals surface area contributed by atoms with E-state index in [1.165, 1.54) is 29.1 Å². The van der Waals surface area contributed by atoms with Crippen molar-refractivity contribution < 1.29 is 8.78 Å². The number of hydrogen-bond donors (Lipinski definition) is 3. The van der Waals surface area contributed by atoms with Crippen LogP contribution in [-0.4, -0.2) is 25.8 Å². The maximum absolute atomic E-state index is 14.2. The highest BCUT2D eigenvalue weighted by molar-refractivity contribution is 5.86. The summed E-state index contributed by atoms with van der Waals surface area (Å²) in [5.41, 5.74) is 0.976. The number of nitrogens with one attached hydrogen (secondary N) is 3. The average Bonchev–Trinajstić information content (AvgIpc) is 3.03. The van der Waals surface area contributed by atoms with Crippen LogP contribution in [0.4, 0.5) is 8.78 Å². The van der Waals surface area contributed by atoms with Crippen LogP contribution in [0.2, 0.25) is 0 Å². The maximum Gasteiger partial charge on any atom is 0.148 e. The van der Waals surface area contributed by atoms with Gasteiger partial charge in [0, 0.05) is 22.6 Å². The van der Waals surface area contributed by atoms with Gasteiger partial charge in [-0.3, -0.25) is 15.9 Å². The van der Waals surface area contributed by atoms with E-state index < -0.39 is 17.0 Å². The Morgan fingerprint density at radius 1 is 1.12 bits per heavy atom. The lowest BCUT2D eigenvalue weighted by atomic mass is 9.95. The molecule has 3 aromatic rings. The number of benzene rings is 1. The van der Waals surface area contributed by atoms with Gasteiger partial charge in [-0.15, -0.1) is 0 Å². The Kier molecular flexibility index (Phi) is 4.27. The molecule has 2 aromatic heterocycles. The summed E-state index contributed by atoms with van der Waals surface area (Å²) < 4.78 is 28.6. The van der Waals surface area contributed by atoms with E-state index in [-0.39, 0.29) is 16.9 Å². The van der Waals surface area contributed by atoms with Crippen LogP contribution < -0.4 is 5.49 Å². The van der Waals surface area contributed by atoms with Crippen LogP contribution in [-0.2, 0) is 0 Å². The average molecular weight is 356 g/mol. The zero-order valence-corrected chi connectivity index (χ0v) is 14.6. The molecule has 0 aliphatic heterocycles. The van der Waals surface area contributed by atoms with Gasteiger partial charge in [0.25, 0.3) is 0 Å². The lowest BCUT2D eigenvalue weighted by Gasteiger charge is -2.21. The number of aromatic nitrogens is 4. The lowest BCUT2D eigenvalue weighted by Crippen LogP contribution is -2.36. The number of aromatic amines is 1. The van der Waals surface area contributed by atoms with E-state index in [0.717, 1.165) is 6.07 Å². The normalized spacial score (nSPS) is 11.6. The van der Waals surface area contributed by atoms with E-state index in [0.29, 0.717) is 17.0 Å². The largest absolute Gasteiger partial charge is 0.286 e. The summed E-state index contributed by atoms with van der Waals surface area (Å²) >= 11 is 0. The molecule has 0 bridgehead atoms. The van der Waals surface area contributed by atoms with Crippen molar-refractivity contribution >= 4 is 5.84 Å². The fraction of sp³-hybridized carbons (Fsp3) is 0.222. The van der Waals surface area contributed by atoms with Gasteiger partial charge in [0.15, 0.2) is 0 Å². The quantitative estimate of drug-likeness (QED) is 0.484. The zero-order valence-electron chi connectivity index (χ0n) is 14.6. The Hall–Kier alpha value is -3.16. The van der Waals surface area contributed by atoms with E-state index in [1.807, 2.05) is 20.8 Å². The van der Waals surface area contributed by atoms with Crippen molar-refractivity contribution in [1.82, 2.24) is 20.0 Å². The van der Waals surface area contributed by atoms with Crippen molar-refractivity contribution in [2.45, 2.75) is 20.8 Å². The molecule has 3 N–H and O–H groups in total. The molecule has 0 atom stereocenters. The minimum absolute atomic E-state index is 0.0617. The Morgan fingerprint density at radius 3 is 2.50 bits per heavy atom. The molecule has 0 aliphatic rings. The molecule has 8 heteroatoms. The second-order valence-corrected chi connectivity index (χ2v) is 6.90. The standard InChI is InChI=1S/C18H18F2N6/c1-18(2,3)17(22)26-15(21)7-6-14(25-26)12-9-23-24-16(12)11-5-4-10(19)8-13(11)20/h4-9,21-22H,1-3H3,(H,23,24). The molecule has 0 fully saturated rings. The number of nitrogens with zero attached hydrogens (tertiary/aromatic N) is 3. The van der Waals surface area contributed by atoms with Crippen LogP contribution in [0, 0.1) is 27.9 Å². The molecule has 0 unspecified atom stereocenters. The molecule has 134 valence electrons. The summed E-state index contributed by atoms with van der Waals surface area (Å²) in [5, 5.41) is 27.3. The molecular weight excluding hydrogens is 338 g/mol. The van der Waals surface area contributed by atoms with E-state index >= 15 is 0 Å². The summed E-state index contributed by atoms with van der Waals surface area (Å²) in [5.74, 6) is -1.23. The van der Waals surface area contributed by atoms with Gasteiger partial charge in [-0.05, 0) is 24.3 Å². The van der Waals surface area contributed by atoms with E-state index in [1.54, 1.807) is 6.07 Å². The smallest absolute Gasteiger partial charge is 0.148 e. The van der Waals surface area contributed by atoms with Crippen LogP contribution in [0.3, 0.4) is 0 Å². The maximum atomic E-state index is 14.2. The van der Waals surface area contributed by atoms with E-state index in [4.69, 9.17) is 10.8 Å². The molecule has 0 amide bonds. The monoisotopic (exact) mass is 356 g/mol. The molecule has 26 heavy (non-hydrogen) atoms. The molecule has 0 radical (unpaired) electrons. The number of halogens is 2. The first kappa shape index (κ1) is 17.7. The summed E-state index contributed by atoms with van der Waals surface area (Å²) in [6, 6.07) is 6.41. The summed E-state index contributed by atoms with van der Waals surface area (Å²) in [4.78, 5) is 0. The SMILES string of the molecule is CC(C)(C)C(=N)n1nc(-c2cn[nH]c2-c2ccc(F)cc2F)ccc1=N. The van der Waals surface area contributed by atoms with Crippen molar-refractivity contribution in [3.05, 3.63) is 53.7 Å². The highest BCUT2D eigenvalue weighted by Crippen LogP contribution is 2.30. The minimum atomic E-state index is -0.720. The molecular formula is C18H18F2N6. The second kappa shape index (κ2) is 6.29. The molecule has 0 saturated carbocycles. The van der Waals surface area contributed by atoms with Crippen LogP contribution in [0.15, 0.2) is 36.5 Å². The molecule has 0 saturated heterocycles. The molecule has 3 rings (SSSR count). The molecule has 1 aromatic carbocycles. The minimum Gasteiger partial charge on any atom is -0.286 e. The van der Waals surface area contributed by atoms with Gasteiger partial charge in [-0.2, -0.15) is 10.2 Å². The topological polar surface area (TPSA) is 94.2 Å². The predicted octanol–water partition coefficient (Wildman–Crippen LogP) is 3.57. The summed E-state index contributed by atoms with van der Waals surface area (Å²) in [6.07, 6.45) is 1.48. The van der Waals surface area contributed by atoms with Crippen molar-refractivity contribution in [3.63, 3.8) is 0 Å². The van der Waals surface area contributed by atoms with Gasteiger partial charge in [0.1, 0.15) is 23.0 Å². The Balaban J connectivity index is 2.14. The van der Waals surface area contributed by atoms with Gasteiger partial charge >= 0.3 is 0 Å². The van der Waals surface area contributed by atoms with Crippen molar-refractivity contribution in [3.8, 4) is 22.5 Å². The lowest BCUT2D eigenvalue weighted by molar-refractivity contribution is 0.548. The number of H-pyrrole nitrogens is 1. The van der Waals surface area contributed by atoms with Crippen molar-refractivity contribution in [2.75, 3.05) is 0 Å². The van der Waals surface area contributed by atoms with Crippen LogP contribution in [0.25, 0.3) is 22.5 Å². The van der Waals surface area contributed by atoms with E-state index in [9.17, 15) is 8.78 Å². The highest BCUT2D eigenvalue weighted by atomic mass is 19.1. The fourth-order valence-electron chi connectivity index (χ4n) is 2.43. The van der Waals surface area contributed by atoms with Gasteiger partial charge in [0.05, 0.1) is 17.6 Å². The third kappa shape index (κ3) is 3.17. The predicted molar refractivity (Wildman–Crippen MR) is 93.6 cm³/mol. The Morgan fingerprint density at radius 2 is 1.85 bits per heavy atom. The molecule has 0 spiro atoms. The van der Waals surface area contributed by atoms with Gasteiger partial charge < -0.3 is 0 Å². The Bertz CT molecular complexity index is 1040. The van der Waals surface area contributed by atoms with Gasteiger partial charge in [-0.1, -0.05) is 20.8 Å². The molecule has 0 aliphatic carbocycles. The van der Waals surface area contributed by atoms with Crippen molar-refractivity contribution in [2.24, 2.45) is 5.41 Å². The zero-order chi connectivity index (χ0) is 19.1. The van der Waals surface area contributed by atoms with Crippen LogP contribution in [0.1, 0.15) is 20.8 Å². The molecule has 6 nitrogen and oxygen atoms in total. The summed E-state index contributed by atoms with van der Waals surface area (Å²) in [7, 11) is 0. The Labute approximate surface area is 148 Å². The molecule has 2 heterocycles. The number of rotatable bonds is 2. The highest BCUT2D eigenvalue weighted by Gasteiger charge is 2.22. The first-order chi connectivity index (χ1) is 12.2. The third-order valence-electron chi connectivity index (χ3n) is 3.87. The third-order valence-corrected chi connectivity index (χ3v) is 3.87.